The smallest absolute Gasteiger partial charge is 0.274 e. The van der Waals surface area contributed by atoms with Crippen LogP contribution in [0.25, 0.3) is 0 Å². The van der Waals surface area contributed by atoms with Gasteiger partial charge in [-0.2, -0.15) is 0 Å². The molecule has 27 heavy (non-hydrogen) atoms. The zero-order valence-corrected chi connectivity index (χ0v) is 15.5. The van der Waals surface area contributed by atoms with Gasteiger partial charge in [0, 0.05) is 36.2 Å². The third kappa shape index (κ3) is 5.27. The molecule has 9 heteroatoms. The number of carbonyl (C=O) groups excluding carboxylic acids is 2. The minimum Gasteiger partial charge on any atom is -0.381 e. The van der Waals surface area contributed by atoms with Gasteiger partial charge in [-0.15, -0.1) is 0 Å². The molecule has 1 aliphatic heterocycles. The van der Waals surface area contributed by atoms with E-state index in [4.69, 9.17) is 0 Å². The van der Waals surface area contributed by atoms with Crippen LogP contribution >= 0.6 is 0 Å². The van der Waals surface area contributed by atoms with Crippen LogP contribution in [0.5, 0.6) is 0 Å². The Labute approximate surface area is 157 Å². The highest BCUT2D eigenvalue weighted by Crippen LogP contribution is 2.19. The molecule has 1 atom stereocenters. The van der Waals surface area contributed by atoms with Crippen molar-refractivity contribution in [2.45, 2.75) is 19.4 Å². The largest absolute Gasteiger partial charge is 0.381 e. The lowest BCUT2D eigenvalue weighted by molar-refractivity contribution is -0.114. The molecular weight excluding hydrogens is 368 g/mol. The monoisotopic (exact) mass is 388 g/mol. The van der Waals surface area contributed by atoms with E-state index in [1.807, 2.05) is 0 Å². The summed E-state index contributed by atoms with van der Waals surface area (Å²) in [5.74, 6) is -0.342. The Kier molecular flexibility index (Phi) is 5.41. The van der Waals surface area contributed by atoms with Crippen LogP contribution in [0.1, 0.15) is 23.8 Å². The highest BCUT2D eigenvalue weighted by molar-refractivity contribution is 7.91. The van der Waals surface area contributed by atoms with E-state index in [0.717, 1.165) is 0 Å². The standard InChI is InChI=1S/C18H20N4O4S/c1-12(23)20-13-3-2-4-14(9-13)22-18(24)17-10-15(5-7-19-17)21-16-6-8-27(25,26)11-16/h2-5,7,9-10,16H,6,8,11H2,1H3,(H,19,21)(H,20,23)(H,22,24). The van der Waals surface area contributed by atoms with Gasteiger partial charge in [0.15, 0.2) is 9.84 Å². The van der Waals surface area contributed by atoms with Crippen molar-refractivity contribution in [1.82, 2.24) is 4.98 Å². The third-order valence-electron chi connectivity index (χ3n) is 4.04. The number of nitrogens with one attached hydrogen (secondary N) is 3. The zero-order valence-electron chi connectivity index (χ0n) is 14.7. The van der Waals surface area contributed by atoms with Gasteiger partial charge in [0.2, 0.25) is 5.91 Å². The Morgan fingerprint density at radius 3 is 2.48 bits per heavy atom. The van der Waals surface area contributed by atoms with Crippen LogP contribution in [-0.2, 0) is 14.6 Å². The van der Waals surface area contributed by atoms with E-state index < -0.39 is 15.7 Å². The minimum atomic E-state index is -2.98. The van der Waals surface area contributed by atoms with E-state index in [1.165, 1.54) is 13.1 Å². The lowest BCUT2D eigenvalue weighted by Crippen LogP contribution is -2.21. The predicted molar refractivity (Wildman–Crippen MR) is 104 cm³/mol. The lowest BCUT2D eigenvalue weighted by atomic mass is 10.2. The van der Waals surface area contributed by atoms with E-state index in [9.17, 15) is 18.0 Å². The maximum atomic E-state index is 12.5. The molecule has 1 unspecified atom stereocenters. The van der Waals surface area contributed by atoms with Gasteiger partial charge in [0.1, 0.15) is 5.69 Å². The summed E-state index contributed by atoms with van der Waals surface area (Å²) in [5, 5.41) is 8.52. The number of nitrogens with zero attached hydrogens (tertiary/aromatic N) is 1. The number of anilines is 3. The number of pyridine rings is 1. The van der Waals surface area contributed by atoms with Gasteiger partial charge < -0.3 is 16.0 Å². The number of aromatic nitrogens is 1. The molecule has 8 nitrogen and oxygen atoms in total. The van der Waals surface area contributed by atoms with Crippen molar-refractivity contribution in [3.8, 4) is 0 Å². The number of rotatable bonds is 5. The van der Waals surface area contributed by atoms with Crippen molar-refractivity contribution in [2.24, 2.45) is 0 Å². The Hall–Kier alpha value is -2.94. The number of benzene rings is 1. The van der Waals surface area contributed by atoms with Gasteiger partial charge in [-0.25, -0.2) is 8.42 Å². The highest BCUT2D eigenvalue weighted by Gasteiger charge is 2.27. The van der Waals surface area contributed by atoms with Crippen molar-refractivity contribution in [2.75, 3.05) is 27.5 Å². The molecule has 1 aromatic carbocycles. The number of sulfone groups is 1. The first-order chi connectivity index (χ1) is 12.8. The van der Waals surface area contributed by atoms with Gasteiger partial charge in [-0.1, -0.05) is 6.07 Å². The van der Waals surface area contributed by atoms with Crippen molar-refractivity contribution in [1.29, 1.82) is 0 Å². The van der Waals surface area contributed by atoms with Gasteiger partial charge in [-0.05, 0) is 36.8 Å². The first-order valence-corrected chi connectivity index (χ1v) is 10.2. The Morgan fingerprint density at radius 1 is 1.07 bits per heavy atom. The summed E-state index contributed by atoms with van der Waals surface area (Å²) in [7, 11) is -2.98. The van der Waals surface area contributed by atoms with E-state index in [1.54, 1.807) is 36.4 Å². The fraction of sp³-hybridized carbons (Fsp3) is 0.278. The molecule has 2 heterocycles. The molecule has 3 N–H and O–H groups in total. The van der Waals surface area contributed by atoms with Crippen LogP contribution in [0, 0.1) is 0 Å². The van der Waals surface area contributed by atoms with Crippen LogP contribution < -0.4 is 16.0 Å². The molecule has 142 valence electrons. The highest BCUT2D eigenvalue weighted by atomic mass is 32.2. The first-order valence-electron chi connectivity index (χ1n) is 8.43. The lowest BCUT2D eigenvalue weighted by Gasteiger charge is -2.13. The zero-order chi connectivity index (χ0) is 19.4. The van der Waals surface area contributed by atoms with Crippen LogP contribution in [0.4, 0.5) is 17.1 Å². The van der Waals surface area contributed by atoms with Gasteiger partial charge >= 0.3 is 0 Å². The molecule has 2 aromatic rings. The Morgan fingerprint density at radius 2 is 1.81 bits per heavy atom. The van der Waals surface area contributed by atoms with Crippen molar-refractivity contribution in [3.63, 3.8) is 0 Å². The second-order valence-corrected chi connectivity index (χ2v) is 8.62. The number of hydrogen-bond donors (Lipinski definition) is 3. The average Bonchev–Trinajstić information content (AvgIpc) is 2.93. The normalized spacial score (nSPS) is 17.9. The van der Waals surface area contributed by atoms with Crippen molar-refractivity contribution in [3.05, 3.63) is 48.3 Å². The summed E-state index contributed by atoms with van der Waals surface area (Å²) in [6.07, 6.45) is 2.04. The Balaban J connectivity index is 1.68. The number of amides is 2. The fourth-order valence-electron chi connectivity index (χ4n) is 2.86. The number of hydrogen-bond acceptors (Lipinski definition) is 6. The summed E-state index contributed by atoms with van der Waals surface area (Å²) in [6, 6.07) is 9.89. The molecule has 1 aromatic heterocycles. The van der Waals surface area contributed by atoms with Crippen LogP contribution in [0.15, 0.2) is 42.6 Å². The van der Waals surface area contributed by atoms with Gasteiger partial charge in [-0.3, -0.25) is 14.6 Å². The molecule has 1 fully saturated rings. The first kappa shape index (κ1) is 18.8. The van der Waals surface area contributed by atoms with Gasteiger partial charge in [0.05, 0.1) is 11.5 Å². The quantitative estimate of drug-likeness (QED) is 0.720. The van der Waals surface area contributed by atoms with Crippen LogP contribution in [0.2, 0.25) is 0 Å². The second-order valence-electron chi connectivity index (χ2n) is 6.39. The van der Waals surface area contributed by atoms with Crippen molar-refractivity contribution >= 4 is 38.7 Å². The molecule has 2 amide bonds. The molecular formula is C18H20N4O4S. The molecule has 0 radical (unpaired) electrons. The average molecular weight is 388 g/mol. The molecule has 0 aliphatic carbocycles. The predicted octanol–water partition coefficient (Wildman–Crippen LogP) is 1.89. The van der Waals surface area contributed by atoms with E-state index in [-0.39, 0.29) is 29.1 Å². The van der Waals surface area contributed by atoms with E-state index >= 15 is 0 Å². The van der Waals surface area contributed by atoms with Gasteiger partial charge in [0.25, 0.3) is 5.91 Å². The fourth-order valence-corrected chi connectivity index (χ4v) is 4.54. The number of carbonyl (C=O) groups is 2. The Bertz CT molecular complexity index is 975. The van der Waals surface area contributed by atoms with Crippen LogP contribution in [-0.4, -0.2) is 42.8 Å². The summed E-state index contributed by atoms with van der Waals surface area (Å²) in [4.78, 5) is 27.7. The summed E-state index contributed by atoms with van der Waals surface area (Å²) in [5.41, 5.74) is 1.94. The second kappa shape index (κ2) is 7.75. The topological polar surface area (TPSA) is 117 Å². The third-order valence-corrected chi connectivity index (χ3v) is 5.80. The minimum absolute atomic E-state index is 0.0901. The molecule has 0 saturated carbocycles. The summed E-state index contributed by atoms with van der Waals surface area (Å²) >= 11 is 0. The summed E-state index contributed by atoms with van der Waals surface area (Å²) < 4.78 is 23.1. The van der Waals surface area contributed by atoms with Crippen molar-refractivity contribution < 1.29 is 18.0 Å². The maximum absolute atomic E-state index is 12.5. The molecule has 1 saturated heterocycles. The molecule has 1 aliphatic rings. The summed E-state index contributed by atoms with van der Waals surface area (Å²) in [6.45, 7) is 1.41. The van der Waals surface area contributed by atoms with E-state index in [2.05, 4.69) is 20.9 Å². The van der Waals surface area contributed by atoms with E-state index in [0.29, 0.717) is 23.5 Å². The molecule has 3 rings (SSSR count). The SMILES string of the molecule is CC(=O)Nc1cccc(NC(=O)c2cc(NC3CCS(=O)(=O)C3)ccn2)c1. The molecule has 0 bridgehead atoms. The van der Waals surface area contributed by atoms with Crippen LogP contribution in [0.3, 0.4) is 0 Å². The molecule has 0 spiro atoms. The maximum Gasteiger partial charge on any atom is 0.274 e.